The average molecular weight is 398 g/mol. The van der Waals surface area contributed by atoms with Crippen molar-refractivity contribution in [2.24, 2.45) is 0 Å². The van der Waals surface area contributed by atoms with Crippen molar-refractivity contribution in [3.63, 3.8) is 0 Å². The summed E-state index contributed by atoms with van der Waals surface area (Å²) in [5.41, 5.74) is 9.83. The number of nitrogen functional groups attached to an aromatic ring is 1. The van der Waals surface area contributed by atoms with Crippen LogP contribution in [0.3, 0.4) is 0 Å². The topological polar surface area (TPSA) is 87.7 Å². The van der Waals surface area contributed by atoms with Gasteiger partial charge in [-0.3, -0.25) is 0 Å². The van der Waals surface area contributed by atoms with Gasteiger partial charge in [-0.15, -0.1) is 23.1 Å². The van der Waals surface area contributed by atoms with Crippen LogP contribution < -0.4 is 11.1 Å². The Balaban J connectivity index is 1.80. The Morgan fingerprint density at radius 1 is 1.30 bits per heavy atom. The van der Waals surface area contributed by atoms with Gasteiger partial charge in [-0.05, 0) is 55.6 Å². The van der Waals surface area contributed by atoms with Crippen molar-refractivity contribution in [3.8, 4) is 0 Å². The molecular weight excluding hydrogens is 374 g/mol. The van der Waals surface area contributed by atoms with E-state index in [-0.39, 0.29) is 0 Å². The lowest BCUT2D eigenvalue weighted by Crippen LogP contribution is -2.03. The molecule has 0 radical (unpaired) electrons. The molecule has 140 valence electrons. The lowest BCUT2D eigenvalue weighted by molar-refractivity contribution is 0.700. The van der Waals surface area contributed by atoms with Crippen molar-refractivity contribution in [2.75, 3.05) is 16.8 Å². The molecule has 0 spiro atoms. The first kappa shape index (κ1) is 18.3. The maximum absolute atomic E-state index is 7.64. The molecule has 2 heterocycles. The number of thioether (sulfide) groups is 1. The molecule has 0 bridgehead atoms. The highest BCUT2D eigenvalue weighted by Crippen LogP contribution is 2.40. The summed E-state index contributed by atoms with van der Waals surface area (Å²) in [4.78, 5) is 12.7. The first-order chi connectivity index (χ1) is 13.2. The summed E-state index contributed by atoms with van der Waals surface area (Å²) in [6.45, 7) is 2.17. The lowest BCUT2D eigenvalue weighted by atomic mass is 9.97. The standard InChI is InChI=1S/C20H23N5S2/c1-2-7-26-17-9-14(22)12(10-21)8-15(17)25-19-18-13-5-3-4-6-16(13)27-20(18)24-11-23-19/h8-11,21H,2-7,22H2,1H3,(H,23,24,25). The van der Waals surface area contributed by atoms with E-state index in [2.05, 4.69) is 22.2 Å². The fourth-order valence-electron chi connectivity index (χ4n) is 3.48. The molecule has 0 saturated carbocycles. The van der Waals surface area contributed by atoms with Crippen LogP contribution in [0, 0.1) is 5.41 Å². The number of thiophene rings is 1. The van der Waals surface area contributed by atoms with Gasteiger partial charge in [-0.1, -0.05) is 6.92 Å². The maximum atomic E-state index is 7.64. The Morgan fingerprint density at radius 3 is 2.96 bits per heavy atom. The van der Waals surface area contributed by atoms with Crippen molar-refractivity contribution in [2.45, 2.75) is 43.9 Å². The molecule has 27 heavy (non-hydrogen) atoms. The molecule has 1 aromatic carbocycles. The molecule has 0 atom stereocenters. The van der Waals surface area contributed by atoms with Gasteiger partial charge in [0.15, 0.2) is 0 Å². The molecule has 0 amide bonds. The van der Waals surface area contributed by atoms with Gasteiger partial charge in [0.05, 0.1) is 11.1 Å². The highest BCUT2D eigenvalue weighted by atomic mass is 32.2. The van der Waals surface area contributed by atoms with Gasteiger partial charge in [0.25, 0.3) is 0 Å². The Kier molecular flexibility index (Phi) is 5.31. The average Bonchev–Trinajstić information content (AvgIpc) is 3.07. The van der Waals surface area contributed by atoms with Crippen molar-refractivity contribution < 1.29 is 0 Å². The highest BCUT2D eigenvalue weighted by molar-refractivity contribution is 7.99. The van der Waals surface area contributed by atoms with E-state index in [1.54, 1.807) is 29.4 Å². The molecule has 0 aliphatic heterocycles. The van der Waals surface area contributed by atoms with Crippen molar-refractivity contribution >= 4 is 56.7 Å². The first-order valence-electron chi connectivity index (χ1n) is 9.30. The second-order valence-electron chi connectivity index (χ2n) is 6.71. The normalized spacial score (nSPS) is 13.5. The van der Waals surface area contributed by atoms with Crippen LogP contribution in [0.25, 0.3) is 10.2 Å². The number of benzene rings is 1. The van der Waals surface area contributed by atoms with Crippen molar-refractivity contribution in [3.05, 3.63) is 34.5 Å². The molecule has 0 fully saturated rings. The number of anilines is 3. The summed E-state index contributed by atoms with van der Waals surface area (Å²) in [5.74, 6) is 1.88. The quantitative estimate of drug-likeness (QED) is 0.295. The van der Waals surface area contributed by atoms with Gasteiger partial charge in [0.2, 0.25) is 0 Å². The monoisotopic (exact) mass is 397 g/mol. The number of rotatable bonds is 6. The number of fused-ring (bicyclic) bond motifs is 3. The maximum Gasteiger partial charge on any atom is 0.142 e. The molecular formula is C20H23N5S2. The third-order valence-electron chi connectivity index (χ3n) is 4.81. The highest BCUT2D eigenvalue weighted by Gasteiger charge is 2.20. The number of nitrogens with one attached hydrogen (secondary N) is 2. The van der Waals surface area contributed by atoms with E-state index in [4.69, 9.17) is 11.1 Å². The van der Waals surface area contributed by atoms with Crippen LogP contribution >= 0.6 is 23.1 Å². The van der Waals surface area contributed by atoms with Crippen molar-refractivity contribution in [1.82, 2.24) is 9.97 Å². The fraction of sp³-hybridized carbons (Fsp3) is 0.350. The third kappa shape index (κ3) is 3.53. The van der Waals surface area contributed by atoms with Crippen LogP contribution in [0.5, 0.6) is 0 Å². The van der Waals surface area contributed by atoms with E-state index in [9.17, 15) is 0 Å². The molecule has 3 aromatic rings. The molecule has 1 aliphatic rings. The van der Waals surface area contributed by atoms with Gasteiger partial charge in [-0.2, -0.15) is 0 Å². The summed E-state index contributed by atoms with van der Waals surface area (Å²) in [6.07, 6.45) is 8.76. The Bertz CT molecular complexity index is 996. The summed E-state index contributed by atoms with van der Waals surface area (Å²) in [5, 5.41) is 12.3. The van der Waals surface area contributed by atoms with E-state index in [1.807, 2.05) is 12.1 Å². The second kappa shape index (κ2) is 7.86. The van der Waals surface area contributed by atoms with E-state index in [0.29, 0.717) is 5.69 Å². The second-order valence-corrected chi connectivity index (χ2v) is 8.93. The molecule has 7 heteroatoms. The van der Waals surface area contributed by atoms with Gasteiger partial charge in [-0.25, -0.2) is 9.97 Å². The van der Waals surface area contributed by atoms with Crippen LogP contribution in [0.1, 0.15) is 42.2 Å². The Labute approximate surface area is 167 Å². The molecule has 1 aliphatic carbocycles. The zero-order valence-corrected chi connectivity index (χ0v) is 17.0. The van der Waals surface area contributed by atoms with Gasteiger partial charge < -0.3 is 16.5 Å². The number of aromatic nitrogens is 2. The predicted octanol–water partition coefficient (Wildman–Crippen LogP) is 5.40. The van der Waals surface area contributed by atoms with E-state index in [1.165, 1.54) is 29.5 Å². The van der Waals surface area contributed by atoms with Crippen molar-refractivity contribution in [1.29, 1.82) is 5.41 Å². The third-order valence-corrected chi connectivity index (χ3v) is 7.27. The SMILES string of the molecule is CCCSc1cc(N)c(C=N)cc1Nc1ncnc2sc3c(c12)CCCC3. The van der Waals surface area contributed by atoms with Crippen LogP contribution in [-0.2, 0) is 12.8 Å². The zero-order valence-electron chi connectivity index (χ0n) is 15.3. The van der Waals surface area contributed by atoms with Crippen LogP contribution in [0.15, 0.2) is 23.4 Å². The molecule has 4 rings (SSSR count). The molecule has 5 nitrogen and oxygen atoms in total. The zero-order chi connectivity index (χ0) is 18.8. The molecule has 0 unspecified atom stereocenters. The molecule has 4 N–H and O–H groups in total. The smallest absolute Gasteiger partial charge is 0.142 e. The largest absolute Gasteiger partial charge is 0.398 e. The van der Waals surface area contributed by atoms with E-state index < -0.39 is 0 Å². The van der Waals surface area contributed by atoms with Crippen LogP contribution in [0.2, 0.25) is 0 Å². The van der Waals surface area contributed by atoms with Gasteiger partial charge in [0, 0.05) is 27.2 Å². The minimum absolute atomic E-state index is 0.634. The van der Waals surface area contributed by atoms with E-state index in [0.717, 1.165) is 57.2 Å². The minimum atomic E-state index is 0.634. The minimum Gasteiger partial charge on any atom is -0.398 e. The first-order valence-corrected chi connectivity index (χ1v) is 11.1. The van der Waals surface area contributed by atoms with Crippen LogP contribution in [0.4, 0.5) is 17.2 Å². The molecule has 2 aromatic heterocycles. The predicted molar refractivity (Wildman–Crippen MR) is 117 cm³/mol. The van der Waals surface area contributed by atoms with Gasteiger partial charge in [0.1, 0.15) is 17.0 Å². The number of hydrogen-bond donors (Lipinski definition) is 3. The van der Waals surface area contributed by atoms with Crippen LogP contribution in [-0.4, -0.2) is 21.9 Å². The van der Waals surface area contributed by atoms with Gasteiger partial charge >= 0.3 is 0 Å². The molecule has 0 saturated heterocycles. The fourth-order valence-corrected chi connectivity index (χ4v) is 5.61. The number of aryl methyl sites for hydroxylation is 2. The lowest BCUT2D eigenvalue weighted by Gasteiger charge is -2.16. The summed E-state index contributed by atoms with van der Waals surface area (Å²) < 4.78 is 0. The number of nitrogens with two attached hydrogens (primary N) is 1. The number of nitrogens with zero attached hydrogens (tertiary/aromatic N) is 2. The Hall–Kier alpha value is -2.12. The number of hydrogen-bond acceptors (Lipinski definition) is 7. The summed E-state index contributed by atoms with van der Waals surface area (Å²) >= 11 is 3.58. The summed E-state index contributed by atoms with van der Waals surface area (Å²) in [6, 6.07) is 3.91. The Morgan fingerprint density at radius 2 is 2.15 bits per heavy atom. The summed E-state index contributed by atoms with van der Waals surface area (Å²) in [7, 11) is 0. The van der Waals surface area contributed by atoms with E-state index >= 15 is 0 Å².